The lowest BCUT2D eigenvalue weighted by Gasteiger charge is -2.31. The SMILES string of the molecule is CCOC(=O)C1CCC(NC(=O)C(C)(N)c2ccc(Br)cc2)CC1. The van der Waals surface area contributed by atoms with Gasteiger partial charge in [0.1, 0.15) is 5.54 Å². The van der Waals surface area contributed by atoms with E-state index in [0.29, 0.717) is 6.61 Å². The van der Waals surface area contributed by atoms with E-state index in [0.717, 1.165) is 35.7 Å². The first-order valence-electron chi connectivity index (χ1n) is 8.37. The second-order valence-electron chi connectivity index (χ2n) is 6.48. The molecule has 2 rings (SSSR count). The van der Waals surface area contributed by atoms with E-state index in [1.54, 1.807) is 6.92 Å². The monoisotopic (exact) mass is 396 g/mol. The Hall–Kier alpha value is -1.40. The summed E-state index contributed by atoms with van der Waals surface area (Å²) < 4.78 is 6.01. The molecule has 1 fully saturated rings. The number of nitrogens with one attached hydrogen (secondary N) is 1. The molecule has 1 amide bonds. The summed E-state index contributed by atoms with van der Waals surface area (Å²) in [6, 6.07) is 7.50. The van der Waals surface area contributed by atoms with Gasteiger partial charge in [-0.2, -0.15) is 0 Å². The molecular weight excluding hydrogens is 372 g/mol. The molecule has 1 aliphatic rings. The molecule has 1 aromatic carbocycles. The van der Waals surface area contributed by atoms with Gasteiger partial charge in [0.25, 0.3) is 0 Å². The van der Waals surface area contributed by atoms with Crippen LogP contribution in [0.25, 0.3) is 0 Å². The number of rotatable bonds is 5. The second-order valence-corrected chi connectivity index (χ2v) is 7.40. The molecule has 0 radical (unpaired) electrons. The van der Waals surface area contributed by atoms with Gasteiger partial charge >= 0.3 is 5.97 Å². The quantitative estimate of drug-likeness (QED) is 0.749. The Morgan fingerprint density at radius 3 is 2.38 bits per heavy atom. The van der Waals surface area contributed by atoms with Gasteiger partial charge in [-0.3, -0.25) is 9.59 Å². The lowest BCUT2D eigenvalue weighted by molar-refractivity contribution is -0.149. The van der Waals surface area contributed by atoms with Crippen molar-refractivity contribution in [3.8, 4) is 0 Å². The summed E-state index contributed by atoms with van der Waals surface area (Å²) in [6.45, 7) is 3.94. The van der Waals surface area contributed by atoms with Crippen LogP contribution in [-0.4, -0.2) is 24.5 Å². The van der Waals surface area contributed by atoms with Crippen molar-refractivity contribution in [1.82, 2.24) is 5.32 Å². The van der Waals surface area contributed by atoms with Crippen molar-refractivity contribution in [3.63, 3.8) is 0 Å². The molecule has 5 nitrogen and oxygen atoms in total. The average Bonchev–Trinajstić information content (AvgIpc) is 2.56. The van der Waals surface area contributed by atoms with E-state index in [2.05, 4.69) is 21.2 Å². The predicted molar refractivity (Wildman–Crippen MR) is 96.2 cm³/mol. The molecule has 1 aliphatic carbocycles. The molecule has 1 atom stereocenters. The molecule has 24 heavy (non-hydrogen) atoms. The molecule has 0 spiro atoms. The van der Waals surface area contributed by atoms with Crippen molar-refractivity contribution >= 4 is 27.8 Å². The smallest absolute Gasteiger partial charge is 0.308 e. The van der Waals surface area contributed by atoms with Gasteiger partial charge in [-0.25, -0.2) is 0 Å². The zero-order valence-corrected chi connectivity index (χ0v) is 15.8. The molecule has 1 aromatic rings. The highest BCUT2D eigenvalue weighted by atomic mass is 79.9. The van der Waals surface area contributed by atoms with Crippen molar-refractivity contribution in [1.29, 1.82) is 0 Å². The number of carbonyl (C=O) groups excluding carboxylic acids is 2. The summed E-state index contributed by atoms with van der Waals surface area (Å²) >= 11 is 3.38. The fraction of sp³-hybridized carbons (Fsp3) is 0.556. The van der Waals surface area contributed by atoms with Gasteiger partial charge in [-0.05, 0) is 57.2 Å². The van der Waals surface area contributed by atoms with Crippen LogP contribution in [0.1, 0.15) is 45.1 Å². The van der Waals surface area contributed by atoms with Gasteiger partial charge in [0, 0.05) is 10.5 Å². The molecule has 1 unspecified atom stereocenters. The highest BCUT2D eigenvalue weighted by Gasteiger charge is 2.34. The van der Waals surface area contributed by atoms with Gasteiger partial charge in [0.05, 0.1) is 12.5 Å². The Labute approximate surface area is 151 Å². The highest BCUT2D eigenvalue weighted by molar-refractivity contribution is 9.10. The highest BCUT2D eigenvalue weighted by Crippen LogP contribution is 2.27. The van der Waals surface area contributed by atoms with E-state index in [4.69, 9.17) is 10.5 Å². The summed E-state index contributed by atoms with van der Waals surface area (Å²) in [5.74, 6) is -0.362. The van der Waals surface area contributed by atoms with Crippen molar-refractivity contribution < 1.29 is 14.3 Å². The minimum Gasteiger partial charge on any atom is -0.466 e. The minimum atomic E-state index is -1.08. The molecule has 0 aromatic heterocycles. The maximum Gasteiger partial charge on any atom is 0.308 e. The maximum absolute atomic E-state index is 12.6. The number of carbonyl (C=O) groups is 2. The van der Waals surface area contributed by atoms with Crippen LogP contribution in [0.15, 0.2) is 28.7 Å². The Morgan fingerprint density at radius 1 is 1.25 bits per heavy atom. The van der Waals surface area contributed by atoms with E-state index in [1.807, 2.05) is 31.2 Å². The number of hydrogen-bond donors (Lipinski definition) is 2. The van der Waals surface area contributed by atoms with Crippen LogP contribution in [0, 0.1) is 5.92 Å². The average molecular weight is 397 g/mol. The molecule has 0 heterocycles. The number of halogens is 1. The Bertz CT molecular complexity index is 578. The van der Waals surface area contributed by atoms with Crippen LogP contribution in [0.2, 0.25) is 0 Å². The van der Waals surface area contributed by atoms with Gasteiger partial charge in [0.2, 0.25) is 5.91 Å². The van der Waals surface area contributed by atoms with E-state index < -0.39 is 5.54 Å². The molecule has 0 aliphatic heterocycles. The Morgan fingerprint density at radius 2 is 1.83 bits per heavy atom. The van der Waals surface area contributed by atoms with Crippen molar-refractivity contribution in [3.05, 3.63) is 34.3 Å². The normalized spacial score (nSPS) is 23.2. The van der Waals surface area contributed by atoms with Gasteiger partial charge in [-0.15, -0.1) is 0 Å². The fourth-order valence-electron chi connectivity index (χ4n) is 3.00. The van der Waals surface area contributed by atoms with Gasteiger partial charge in [0.15, 0.2) is 0 Å². The first kappa shape index (κ1) is 18.9. The van der Waals surface area contributed by atoms with E-state index in [9.17, 15) is 9.59 Å². The van der Waals surface area contributed by atoms with Gasteiger partial charge < -0.3 is 15.8 Å². The second kappa shape index (κ2) is 8.12. The van der Waals surface area contributed by atoms with Crippen LogP contribution >= 0.6 is 15.9 Å². The summed E-state index contributed by atoms with van der Waals surface area (Å²) in [7, 11) is 0. The van der Waals surface area contributed by atoms with E-state index in [-0.39, 0.29) is 23.8 Å². The third-order valence-corrected chi connectivity index (χ3v) is 5.13. The lowest BCUT2D eigenvalue weighted by atomic mass is 9.85. The number of benzene rings is 1. The summed E-state index contributed by atoms with van der Waals surface area (Å²) in [6.07, 6.45) is 3.02. The molecular formula is C18H25BrN2O3. The van der Waals surface area contributed by atoms with Crippen LogP contribution in [0.5, 0.6) is 0 Å². The molecule has 0 bridgehead atoms. The zero-order valence-electron chi connectivity index (χ0n) is 14.2. The van der Waals surface area contributed by atoms with Gasteiger partial charge in [-0.1, -0.05) is 28.1 Å². The number of nitrogens with two attached hydrogens (primary N) is 1. The van der Waals surface area contributed by atoms with E-state index in [1.165, 1.54) is 0 Å². The maximum atomic E-state index is 12.6. The molecule has 132 valence electrons. The largest absolute Gasteiger partial charge is 0.466 e. The van der Waals surface area contributed by atoms with Crippen LogP contribution in [0.4, 0.5) is 0 Å². The van der Waals surface area contributed by atoms with E-state index >= 15 is 0 Å². The standard InChI is InChI=1S/C18H25BrN2O3/c1-3-24-16(22)12-4-10-15(11-5-12)21-17(23)18(2,20)13-6-8-14(19)9-7-13/h6-9,12,15H,3-5,10-11,20H2,1-2H3,(H,21,23). The number of ether oxygens (including phenoxy) is 1. The van der Waals surface area contributed by atoms with Crippen molar-refractivity contribution in [2.45, 2.75) is 51.1 Å². The zero-order chi connectivity index (χ0) is 17.7. The predicted octanol–water partition coefficient (Wildman–Crippen LogP) is 2.86. The van der Waals surface area contributed by atoms with Crippen LogP contribution in [0.3, 0.4) is 0 Å². The Balaban J connectivity index is 1.91. The van der Waals surface area contributed by atoms with Crippen LogP contribution in [-0.2, 0) is 19.9 Å². The third kappa shape index (κ3) is 4.57. The lowest BCUT2D eigenvalue weighted by Crippen LogP contribution is -2.52. The third-order valence-electron chi connectivity index (χ3n) is 4.60. The molecule has 1 saturated carbocycles. The van der Waals surface area contributed by atoms with Crippen LogP contribution < -0.4 is 11.1 Å². The fourth-order valence-corrected chi connectivity index (χ4v) is 3.26. The molecule has 0 saturated heterocycles. The number of esters is 1. The number of hydrogen-bond acceptors (Lipinski definition) is 4. The number of amides is 1. The topological polar surface area (TPSA) is 81.4 Å². The summed E-state index contributed by atoms with van der Waals surface area (Å²) in [5, 5.41) is 3.04. The minimum absolute atomic E-state index is 0.0474. The first-order chi connectivity index (χ1) is 11.3. The summed E-state index contributed by atoms with van der Waals surface area (Å²) in [5.41, 5.74) is 5.94. The Kier molecular flexibility index (Phi) is 6.40. The molecule has 6 heteroatoms. The van der Waals surface area contributed by atoms with Crippen molar-refractivity contribution in [2.24, 2.45) is 11.7 Å². The summed E-state index contributed by atoms with van der Waals surface area (Å²) in [4.78, 5) is 24.4. The first-order valence-corrected chi connectivity index (χ1v) is 9.16. The van der Waals surface area contributed by atoms with Crippen molar-refractivity contribution in [2.75, 3.05) is 6.61 Å². The molecule has 3 N–H and O–H groups in total.